The number of esters is 1. The standard InChI is InChI=1S/C32H61NO5/c1-3-5-7-8-9-10-11-12-13-14-15-16-17-18-23-27-32(37)38-29(24-20-6-4-2)25-21-19-22-26-30(34)33-28-31(35)36/h29H,3-28H2,1-2H3,(H,33,34)(H,35,36). The highest BCUT2D eigenvalue weighted by molar-refractivity contribution is 5.80. The van der Waals surface area contributed by atoms with Gasteiger partial charge in [-0.3, -0.25) is 14.4 Å². The van der Waals surface area contributed by atoms with Crippen LogP contribution in [0.1, 0.15) is 174 Å². The first-order valence-corrected chi connectivity index (χ1v) is 16.2. The van der Waals surface area contributed by atoms with E-state index < -0.39 is 5.97 Å². The molecule has 0 aliphatic heterocycles. The molecule has 0 aromatic carbocycles. The summed E-state index contributed by atoms with van der Waals surface area (Å²) in [5.74, 6) is -1.31. The van der Waals surface area contributed by atoms with Crippen LogP contribution in [0.4, 0.5) is 0 Å². The van der Waals surface area contributed by atoms with Crippen molar-refractivity contribution < 1.29 is 24.2 Å². The lowest BCUT2D eigenvalue weighted by Crippen LogP contribution is -2.28. The molecule has 2 N–H and O–H groups in total. The molecule has 0 spiro atoms. The van der Waals surface area contributed by atoms with E-state index in [-0.39, 0.29) is 24.5 Å². The van der Waals surface area contributed by atoms with E-state index in [0.29, 0.717) is 12.8 Å². The van der Waals surface area contributed by atoms with E-state index in [9.17, 15) is 14.4 Å². The van der Waals surface area contributed by atoms with Crippen molar-refractivity contribution in [1.82, 2.24) is 5.32 Å². The normalized spacial score (nSPS) is 11.8. The summed E-state index contributed by atoms with van der Waals surface area (Å²) in [4.78, 5) is 34.5. The second kappa shape index (κ2) is 28.4. The molecule has 0 aliphatic rings. The van der Waals surface area contributed by atoms with E-state index in [4.69, 9.17) is 9.84 Å². The summed E-state index contributed by atoms with van der Waals surface area (Å²) >= 11 is 0. The number of unbranched alkanes of at least 4 members (excludes halogenated alkanes) is 18. The van der Waals surface area contributed by atoms with Gasteiger partial charge in [0.25, 0.3) is 0 Å². The van der Waals surface area contributed by atoms with Gasteiger partial charge in [-0.2, -0.15) is 0 Å². The Bertz CT molecular complexity index is 566. The number of nitrogens with one attached hydrogen (secondary N) is 1. The topological polar surface area (TPSA) is 92.7 Å². The Morgan fingerprint density at radius 2 is 0.974 bits per heavy atom. The van der Waals surface area contributed by atoms with Crippen molar-refractivity contribution in [2.24, 2.45) is 0 Å². The highest BCUT2D eigenvalue weighted by Gasteiger charge is 2.14. The number of carbonyl (C=O) groups excluding carboxylic acids is 2. The van der Waals surface area contributed by atoms with E-state index in [1.807, 2.05) is 0 Å². The molecule has 6 heteroatoms. The zero-order valence-electron chi connectivity index (χ0n) is 25.0. The fourth-order valence-corrected chi connectivity index (χ4v) is 4.87. The maximum Gasteiger partial charge on any atom is 0.322 e. The molecule has 1 atom stereocenters. The Kier molecular flexibility index (Phi) is 27.2. The van der Waals surface area contributed by atoms with Crippen molar-refractivity contribution in [2.75, 3.05) is 6.54 Å². The molecule has 0 radical (unpaired) electrons. The number of rotatable bonds is 29. The average Bonchev–Trinajstić information content (AvgIpc) is 2.89. The maximum atomic E-state index is 12.4. The lowest BCUT2D eigenvalue weighted by molar-refractivity contribution is -0.150. The Balaban J connectivity index is 3.78. The van der Waals surface area contributed by atoms with Crippen molar-refractivity contribution in [1.29, 1.82) is 0 Å². The van der Waals surface area contributed by atoms with Crippen molar-refractivity contribution in [2.45, 2.75) is 180 Å². The number of hydrogen-bond acceptors (Lipinski definition) is 4. The molecular weight excluding hydrogens is 478 g/mol. The van der Waals surface area contributed by atoms with Crippen LogP contribution in [0.3, 0.4) is 0 Å². The van der Waals surface area contributed by atoms with Crippen LogP contribution in [0.2, 0.25) is 0 Å². The predicted octanol–water partition coefficient (Wildman–Crippen LogP) is 8.89. The largest absolute Gasteiger partial charge is 0.480 e. The summed E-state index contributed by atoms with van der Waals surface area (Å²) < 4.78 is 5.83. The highest BCUT2D eigenvalue weighted by Crippen LogP contribution is 2.17. The molecule has 0 rings (SSSR count). The molecule has 1 unspecified atom stereocenters. The number of aliphatic carboxylic acids is 1. The molecule has 0 aromatic rings. The van der Waals surface area contributed by atoms with Crippen LogP contribution in [0.15, 0.2) is 0 Å². The third-order valence-electron chi connectivity index (χ3n) is 7.28. The fourth-order valence-electron chi connectivity index (χ4n) is 4.87. The molecule has 0 aliphatic carbocycles. The lowest BCUT2D eigenvalue weighted by Gasteiger charge is -2.18. The minimum Gasteiger partial charge on any atom is -0.480 e. The van der Waals surface area contributed by atoms with Gasteiger partial charge in [-0.15, -0.1) is 0 Å². The van der Waals surface area contributed by atoms with Gasteiger partial charge >= 0.3 is 11.9 Å². The van der Waals surface area contributed by atoms with Gasteiger partial charge in [-0.05, 0) is 38.5 Å². The molecule has 224 valence electrons. The number of carboxylic acids is 1. The molecule has 0 saturated heterocycles. The predicted molar refractivity (Wildman–Crippen MR) is 157 cm³/mol. The Morgan fingerprint density at radius 3 is 1.47 bits per heavy atom. The summed E-state index contributed by atoms with van der Waals surface area (Å²) in [6.45, 7) is 4.12. The molecule has 0 bridgehead atoms. The Morgan fingerprint density at radius 1 is 0.579 bits per heavy atom. The van der Waals surface area contributed by atoms with Crippen LogP contribution >= 0.6 is 0 Å². The number of carbonyl (C=O) groups is 3. The van der Waals surface area contributed by atoms with Crippen LogP contribution in [0.5, 0.6) is 0 Å². The minimum absolute atomic E-state index is 0.0220. The molecule has 38 heavy (non-hydrogen) atoms. The van der Waals surface area contributed by atoms with Gasteiger partial charge in [0.2, 0.25) is 5.91 Å². The van der Waals surface area contributed by atoms with E-state index in [1.165, 1.54) is 83.5 Å². The zero-order chi connectivity index (χ0) is 28.1. The van der Waals surface area contributed by atoms with E-state index >= 15 is 0 Å². The maximum absolute atomic E-state index is 12.4. The summed E-state index contributed by atoms with van der Waals surface area (Å²) in [5.41, 5.74) is 0. The molecule has 1 amide bonds. The van der Waals surface area contributed by atoms with Crippen molar-refractivity contribution in [3.05, 3.63) is 0 Å². The quantitative estimate of drug-likeness (QED) is 0.0731. The van der Waals surface area contributed by atoms with E-state index in [2.05, 4.69) is 19.2 Å². The monoisotopic (exact) mass is 539 g/mol. The minimum atomic E-state index is -1.03. The molecule has 6 nitrogen and oxygen atoms in total. The molecule has 0 saturated carbocycles. The Hall–Kier alpha value is -1.59. The van der Waals surface area contributed by atoms with Crippen LogP contribution in [-0.2, 0) is 19.1 Å². The Labute approximate surface area is 234 Å². The third kappa shape index (κ3) is 27.4. The first-order valence-electron chi connectivity index (χ1n) is 16.2. The zero-order valence-corrected chi connectivity index (χ0v) is 25.0. The first-order chi connectivity index (χ1) is 18.5. The van der Waals surface area contributed by atoms with Gasteiger partial charge in [0.05, 0.1) is 0 Å². The van der Waals surface area contributed by atoms with E-state index in [0.717, 1.165) is 64.2 Å². The summed E-state index contributed by atoms with van der Waals surface area (Å²) in [6.07, 6.45) is 28.2. The van der Waals surface area contributed by atoms with Gasteiger partial charge in [-0.25, -0.2) is 0 Å². The van der Waals surface area contributed by atoms with Crippen LogP contribution in [0.25, 0.3) is 0 Å². The van der Waals surface area contributed by atoms with Crippen molar-refractivity contribution in [3.8, 4) is 0 Å². The van der Waals surface area contributed by atoms with Gasteiger partial charge in [-0.1, -0.05) is 123 Å². The van der Waals surface area contributed by atoms with Crippen molar-refractivity contribution >= 4 is 17.8 Å². The van der Waals surface area contributed by atoms with Gasteiger partial charge < -0.3 is 15.2 Å². The SMILES string of the molecule is CCCCCCCCCCCCCCCCCC(=O)OC(CCCCC)CCCCCC(=O)NCC(=O)O. The number of hydrogen-bond donors (Lipinski definition) is 2. The van der Waals surface area contributed by atoms with Gasteiger partial charge in [0.15, 0.2) is 0 Å². The highest BCUT2D eigenvalue weighted by atomic mass is 16.5. The smallest absolute Gasteiger partial charge is 0.322 e. The number of ether oxygens (including phenoxy) is 1. The first kappa shape index (κ1) is 36.4. The number of carboxylic acid groups (broad SMARTS) is 1. The van der Waals surface area contributed by atoms with Crippen molar-refractivity contribution in [3.63, 3.8) is 0 Å². The van der Waals surface area contributed by atoms with Crippen LogP contribution < -0.4 is 5.32 Å². The third-order valence-corrected chi connectivity index (χ3v) is 7.28. The van der Waals surface area contributed by atoms with Crippen LogP contribution in [-0.4, -0.2) is 35.6 Å². The molecule has 0 heterocycles. The van der Waals surface area contributed by atoms with Gasteiger partial charge in [0, 0.05) is 12.8 Å². The molecule has 0 aromatic heterocycles. The fraction of sp³-hybridized carbons (Fsp3) is 0.906. The second-order valence-electron chi connectivity index (χ2n) is 11.1. The summed E-state index contributed by atoms with van der Waals surface area (Å²) in [5, 5.41) is 11.0. The molecular formula is C32H61NO5. The molecule has 0 fully saturated rings. The summed E-state index contributed by atoms with van der Waals surface area (Å²) in [7, 11) is 0. The average molecular weight is 540 g/mol. The number of amides is 1. The van der Waals surface area contributed by atoms with E-state index in [1.54, 1.807) is 0 Å². The van der Waals surface area contributed by atoms with Gasteiger partial charge in [0.1, 0.15) is 12.6 Å². The second-order valence-corrected chi connectivity index (χ2v) is 11.1. The van der Waals surface area contributed by atoms with Crippen LogP contribution in [0, 0.1) is 0 Å². The lowest BCUT2D eigenvalue weighted by atomic mass is 10.0. The summed E-state index contributed by atoms with van der Waals surface area (Å²) in [6, 6.07) is 0.